The van der Waals surface area contributed by atoms with Crippen molar-refractivity contribution in [3.8, 4) is 0 Å². The molecule has 3 rings (SSSR count). The number of aromatic nitrogens is 2. The van der Waals surface area contributed by atoms with Crippen LogP contribution in [0.2, 0.25) is 0 Å². The van der Waals surface area contributed by atoms with E-state index in [1.54, 1.807) is 6.92 Å². The molecule has 23 heavy (non-hydrogen) atoms. The first kappa shape index (κ1) is 15.8. The van der Waals surface area contributed by atoms with E-state index < -0.39 is 18.6 Å². The Morgan fingerprint density at radius 1 is 1.43 bits per heavy atom. The average molecular weight is 330 g/mol. The minimum Gasteiger partial charge on any atom is -0.351 e. The van der Waals surface area contributed by atoms with Gasteiger partial charge in [0, 0.05) is 19.5 Å². The van der Waals surface area contributed by atoms with Gasteiger partial charge in [0.25, 0.3) is 5.91 Å². The summed E-state index contributed by atoms with van der Waals surface area (Å²) in [5.41, 5.74) is 0.298. The molecule has 0 aromatic carbocycles. The number of aryl methyl sites for hydroxylation is 1. The highest BCUT2D eigenvalue weighted by molar-refractivity contribution is 5.93. The predicted octanol–water partition coefficient (Wildman–Crippen LogP) is 1.10. The van der Waals surface area contributed by atoms with Gasteiger partial charge in [0.1, 0.15) is 12.2 Å². The highest BCUT2D eigenvalue weighted by atomic mass is 19.4. The zero-order valence-electron chi connectivity index (χ0n) is 12.6. The molecule has 0 bridgehead atoms. The Labute approximate surface area is 130 Å². The van der Waals surface area contributed by atoms with Gasteiger partial charge in [-0.25, -0.2) is 0 Å². The molecule has 3 heterocycles. The SMILES string of the molecule is Cc1cc(C(=O)N2CC3CCC(=O)NC3C2)n(CC(F)(F)F)n1. The summed E-state index contributed by atoms with van der Waals surface area (Å²) in [6.45, 7) is 1.03. The smallest absolute Gasteiger partial charge is 0.351 e. The Morgan fingerprint density at radius 2 is 2.17 bits per heavy atom. The minimum absolute atomic E-state index is 0.0430. The van der Waals surface area contributed by atoms with Crippen LogP contribution in [0.4, 0.5) is 13.2 Å². The predicted molar refractivity (Wildman–Crippen MR) is 73.6 cm³/mol. The summed E-state index contributed by atoms with van der Waals surface area (Å²) in [5.74, 6) is -0.353. The van der Waals surface area contributed by atoms with Crippen molar-refractivity contribution in [2.24, 2.45) is 5.92 Å². The molecule has 1 aromatic heterocycles. The topological polar surface area (TPSA) is 67.2 Å². The molecule has 0 saturated carbocycles. The largest absolute Gasteiger partial charge is 0.408 e. The molecule has 2 atom stereocenters. The second kappa shape index (κ2) is 5.54. The molecule has 1 aromatic rings. The van der Waals surface area contributed by atoms with E-state index in [4.69, 9.17) is 0 Å². The van der Waals surface area contributed by atoms with E-state index >= 15 is 0 Å². The van der Waals surface area contributed by atoms with Crippen molar-refractivity contribution in [3.63, 3.8) is 0 Å². The first-order chi connectivity index (χ1) is 10.7. The van der Waals surface area contributed by atoms with E-state index in [2.05, 4.69) is 10.4 Å². The number of piperidine rings is 1. The molecule has 0 radical (unpaired) electrons. The number of carbonyl (C=O) groups is 2. The summed E-state index contributed by atoms with van der Waals surface area (Å²) in [6.07, 6.45) is -3.32. The first-order valence-electron chi connectivity index (χ1n) is 7.43. The lowest BCUT2D eigenvalue weighted by Gasteiger charge is -2.24. The fourth-order valence-corrected chi connectivity index (χ4v) is 3.26. The van der Waals surface area contributed by atoms with Gasteiger partial charge in [-0.05, 0) is 25.3 Å². The molecule has 2 unspecified atom stereocenters. The van der Waals surface area contributed by atoms with Crippen LogP contribution >= 0.6 is 0 Å². The van der Waals surface area contributed by atoms with Crippen LogP contribution in [0.3, 0.4) is 0 Å². The standard InChI is InChI=1S/C14H17F3N4O2/c1-8-4-11(21(19-8)7-14(15,16)17)13(23)20-5-9-2-3-12(22)18-10(9)6-20/h4,9-10H,2-3,5-7H2,1H3,(H,18,22). The van der Waals surface area contributed by atoms with E-state index in [1.807, 2.05) is 0 Å². The number of hydrogen-bond acceptors (Lipinski definition) is 3. The van der Waals surface area contributed by atoms with Crippen LogP contribution in [-0.2, 0) is 11.3 Å². The number of halogens is 3. The van der Waals surface area contributed by atoms with Gasteiger partial charge >= 0.3 is 6.18 Å². The number of fused-ring (bicyclic) bond motifs is 1. The van der Waals surface area contributed by atoms with Crippen molar-refractivity contribution in [2.45, 2.75) is 38.5 Å². The minimum atomic E-state index is -4.44. The molecule has 0 aliphatic carbocycles. The van der Waals surface area contributed by atoms with Gasteiger partial charge in [-0.3, -0.25) is 14.3 Å². The van der Waals surface area contributed by atoms with E-state index in [0.29, 0.717) is 36.3 Å². The fourth-order valence-electron chi connectivity index (χ4n) is 3.26. The van der Waals surface area contributed by atoms with Crippen LogP contribution < -0.4 is 5.32 Å². The number of amides is 2. The Hall–Kier alpha value is -2.06. The van der Waals surface area contributed by atoms with Gasteiger partial charge in [-0.15, -0.1) is 0 Å². The average Bonchev–Trinajstić information content (AvgIpc) is 2.99. The molecule has 2 amide bonds. The third-order valence-corrected chi connectivity index (χ3v) is 4.27. The van der Waals surface area contributed by atoms with Crippen molar-refractivity contribution in [1.82, 2.24) is 20.0 Å². The number of hydrogen-bond donors (Lipinski definition) is 1. The summed E-state index contributed by atoms with van der Waals surface area (Å²) in [5, 5.41) is 6.61. The zero-order chi connectivity index (χ0) is 16.8. The number of likely N-dealkylation sites (tertiary alicyclic amines) is 1. The fraction of sp³-hybridized carbons (Fsp3) is 0.643. The van der Waals surface area contributed by atoms with E-state index in [0.717, 1.165) is 0 Å². The second-order valence-corrected chi connectivity index (χ2v) is 6.13. The van der Waals surface area contributed by atoms with Crippen molar-refractivity contribution in [2.75, 3.05) is 13.1 Å². The number of nitrogens with zero attached hydrogens (tertiary/aromatic N) is 3. The lowest BCUT2D eigenvalue weighted by Crippen LogP contribution is -2.44. The van der Waals surface area contributed by atoms with Gasteiger partial charge in [-0.1, -0.05) is 0 Å². The highest BCUT2D eigenvalue weighted by Gasteiger charge is 2.40. The molecule has 126 valence electrons. The maximum absolute atomic E-state index is 12.6. The maximum atomic E-state index is 12.6. The number of alkyl halides is 3. The molecular formula is C14H17F3N4O2. The van der Waals surface area contributed by atoms with Gasteiger partial charge < -0.3 is 10.2 Å². The van der Waals surface area contributed by atoms with Crippen molar-refractivity contribution >= 4 is 11.8 Å². The third kappa shape index (κ3) is 3.32. The van der Waals surface area contributed by atoms with E-state index in [1.165, 1.54) is 11.0 Å². The molecule has 9 heteroatoms. The van der Waals surface area contributed by atoms with Crippen LogP contribution in [0.15, 0.2) is 6.07 Å². The summed E-state index contributed by atoms with van der Waals surface area (Å²) < 4.78 is 38.6. The van der Waals surface area contributed by atoms with E-state index in [9.17, 15) is 22.8 Å². The van der Waals surface area contributed by atoms with Crippen LogP contribution in [0.25, 0.3) is 0 Å². The van der Waals surface area contributed by atoms with Crippen LogP contribution in [0.1, 0.15) is 29.0 Å². The van der Waals surface area contributed by atoms with Crippen LogP contribution in [0.5, 0.6) is 0 Å². The lowest BCUT2D eigenvalue weighted by atomic mass is 9.94. The zero-order valence-corrected chi connectivity index (χ0v) is 12.6. The van der Waals surface area contributed by atoms with Gasteiger partial charge in [0.15, 0.2) is 0 Å². The molecule has 2 aliphatic heterocycles. The van der Waals surface area contributed by atoms with Crippen LogP contribution in [0, 0.1) is 12.8 Å². The van der Waals surface area contributed by atoms with Gasteiger partial charge in [0.05, 0.1) is 11.7 Å². The Balaban J connectivity index is 1.77. The molecule has 6 nitrogen and oxygen atoms in total. The Kier molecular flexibility index (Phi) is 3.81. The summed E-state index contributed by atoms with van der Waals surface area (Å²) >= 11 is 0. The second-order valence-electron chi connectivity index (χ2n) is 6.13. The van der Waals surface area contributed by atoms with Crippen molar-refractivity contribution < 1.29 is 22.8 Å². The summed E-state index contributed by atoms with van der Waals surface area (Å²) in [6, 6.07) is 1.26. The quantitative estimate of drug-likeness (QED) is 0.883. The van der Waals surface area contributed by atoms with Crippen molar-refractivity contribution in [1.29, 1.82) is 0 Å². The molecule has 2 aliphatic rings. The maximum Gasteiger partial charge on any atom is 0.408 e. The van der Waals surface area contributed by atoms with E-state index in [-0.39, 0.29) is 23.6 Å². The number of rotatable bonds is 2. The molecule has 0 spiro atoms. The first-order valence-corrected chi connectivity index (χ1v) is 7.43. The van der Waals surface area contributed by atoms with Crippen molar-refractivity contribution in [3.05, 3.63) is 17.5 Å². The highest BCUT2D eigenvalue weighted by Crippen LogP contribution is 2.27. The summed E-state index contributed by atoms with van der Waals surface area (Å²) in [7, 11) is 0. The normalized spacial score (nSPS) is 24.5. The molecule has 1 N–H and O–H groups in total. The monoisotopic (exact) mass is 330 g/mol. The number of carbonyl (C=O) groups excluding carboxylic acids is 2. The lowest BCUT2D eigenvalue weighted by molar-refractivity contribution is -0.142. The van der Waals surface area contributed by atoms with Crippen LogP contribution in [-0.4, -0.2) is 51.8 Å². The third-order valence-electron chi connectivity index (χ3n) is 4.27. The van der Waals surface area contributed by atoms with Gasteiger partial charge in [-0.2, -0.15) is 18.3 Å². The van der Waals surface area contributed by atoms with Gasteiger partial charge in [0.2, 0.25) is 5.91 Å². The Morgan fingerprint density at radius 3 is 2.87 bits per heavy atom. The molecular weight excluding hydrogens is 313 g/mol. The molecule has 2 saturated heterocycles. The number of nitrogens with one attached hydrogen (secondary N) is 1. The summed E-state index contributed by atoms with van der Waals surface area (Å²) in [4.78, 5) is 25.5. The molecule has 2 fully saturated rings. The Bertz CT molecular complexity index is 640.